The molecule has 0 amide bonds. The highest BCUT2D eigenvalue weighted by atomic mass is 35.5. The van der Waals surface area contributed by atoms with Gasteiger partial charge in [0.15, 0.2) is 22.1 Å². The molecular formula is C22H25ClN4O2S. The van der Waals surface area contributed by atoms with Gasteiger partial charge in [-0.25, -0.2) is 4.68 Å². The van der Waals surface area contributed by atoms with E-state index in [1.54, 1.807) is 14.2 Å². The summed E-state index contributed by atoms with van der Waals surface area (Å²) >= 11 is 11.8. The van der Waals surface area contributed by atoms with Crippen LogP contribution in [-0.2, 0) is 26.2 Å². The van der Waals surface area contributed by atoms with Crippen molar-refractivity contribution in [3.05, 3.63) is 57.3 Å². The monoisotopic (exact) mass is 444 g/mol. The maximum absolute atomic E-state index is 6.04. The number of nitrogens with zero attached hydrogens (tertiary/aromatic N) is 4. The predicted octanol–water partition coefficient (Wildman–Crippen LogP) is 4.79. The number of ether oxygens (including phenoxy) is 2. The second-order valence-electron chi connectivity index (χ2n) is 7.28. The van der Waals surface area contributed by atoms with Gasteiger partial charge >= 0.3 is 0 Å². The molecule has 0 aliphatic carbocycles. The van der Waals surface area contributed by atoms with Crippen molar-refractivity contribution >= 4 is 23.8 Å². The summed E-state index contributed by atoms with van der Waals surface area (Å²) in [5.74, 6) is 2.40. The summed E-state index contributed by atoms with van der Waals surface area (Å²) in [6.07, 6.45) is 0.946. The van der Waals surface area contributed by atoms with Crippen molar-refractivity contribution in [2.75, 3.05) is 20.8 Å². The molecule has 0 spiro atoms. The van der Waals surface area contributed by atoms with Crippen LogP contribution in [0.2, 0.25) is 5.02 Å². The number of hydrogen-bond donors (Lipinski definition) is 0. The van der Waals surface area contributed by atoms with Crippen molar-refractivity contribution < 1.29 is 9.47 Å². The maximum Gasteiger partial charge on any atom is 0.199 e. The molecule has 0 bridgehead atoms. The van der Waals surface area contributed by atoms with Gasteiger partial charge in [0.05, 0.1) is 20.9 Å². The highest BCUT2D eigenvalue weighted by Crippen LogP contribution is 2.33. The third kappa shape index (κ3) is 3.97. The lowest BCUT2D eigenvalue weighted by Crippen LogP contribution is -2.32. The first-order chi connectivity index (χ1) is 14.5. The van der Waals surface area contributed by atoms with E-state index in [0.717, 1.165) is 53.7 Å². The van der Waals surface area contributed by atoms with E-state index in [0.29, 0.717) is 11.7 Å². The molecule has 1 aliphatic rings. The summed E-state index contributed by atoms with van der Waals surface area (Å²) in [5.41, 5.74) is 3.55. The molecule has 2 heterocycles. The first-order valence-corrected chi connectivity index (χ1v) is 10.7. The van der Waals surface area contributed by atoms with Gasteiger partial charge in [0.1, 0.15) is 0 Å². The molecule has 0 saturated carbocycles. The van der Waals surface area contributed by atoms with E-state index in [2.05, 4.69) is 28.5 Å². The van der Waals surface area contributed by atoms with Crippen LogP contribution in [0.4, 0.5) is 0 Å². The van der Waals surface area contributed by atoms with Crippen LogP contribution in [0.5, 0.6) is 11.5 Å². The van der Waals surface area contributed by atoms with Gasteiger partial charge in [0.2, 0.25) is 0 Å². The molecule has 2 aromatic carbocycles. The fourth-order valence-electron chi connectivity index (χ4n) is 3.88. The summed E-state index contributed by atoms with van der Waals surface area (Å²) in [7, 11) is 3.34. The zero-order valence-corrected chi connectivity index (χ0v) is 19.0. The molecule has 30 heavy (non-hydrogen) atoms. The normalized spacial score (nSPS) is 13.9. The molecule has 0 fully saturated rings. The van der Waals surface area contributed by atoms with E-state index < -0.39 is 0 Å². The topological polar surface area (TPSA) is 44.5 Å². The average Bonchev–Trinajstić information content (AvgIpc) is 3.08. The van der Waals surface area contributed by atoms with Gasteiger partial charge in [-0.3, -0.25) is 4.90 Å². The predicted molar refractivity (Wildman–Crippen MR) is 121 cm³/mol. The summed E-state index contributed by atoms with van der Waals surface area (Å²) in [4.78, 5) is 2.35. The number of aromatic nitrogens is 3. The van der Waals surface area contributed by atoms with Gasteiger partial charge < -0.3 is 14.0 Å². The zero-order valence-electron chi connectivity index (χ0n) is 17.4. The van der Waals surface area contributed by atoms with Gasteiger partial charge in [-0.15, -0.1) is 0 Å². The molecule has 3 aromatic rings. The van der Waals surface area contributed by atoms with E-state index in [1.165, 1.54) is 11.1 Å². The van der Waals surface area contributed by atoms with Crippen LogP contribution in [0.15, 0.2) is 36.4 Å². The summed E-state index contributed by atoms with van der Waals surface area (Å²) < 4.78 is 15.6. The average molecular weight is 445 g/mol. The molecule has 158 valence electrons. The Morgan fingerprint density at radius 2 is 1.73 bits per heavy atom. The largest absolute Gasteiger partial charge is 0.493 e. The zero-order chi connectivity index (χ0) is 21.3. The molecule has 1 aromatic heterocycles. The maximum atomic E-state index is 6.04. The number of fused-ring (bicyclic) bond motifs is 1. The Balaban J connectivity index is 1.60. The van der Waals surface area contributed by atoms with E-state index in [-0.39, 0.29) is 0 Å². The molecule has 8 heteroatoms. The Labute approximate surface area is 186 Å². The summed E-state index contributed by atoms with van der Waals surface area (Å²) in [5, 5.41) is 5.54. The van der Waals surface area contributed by atoms with Crippen LogP contribution < -0.4 is 9.47 Å². The van der Waals surface area contributed by atoms with Crippen LogP contribution in [-0.4, -0.2) is 40.0 Å². The Hall–Kier alpha value is -2.35. The Morgan fingerprint density at radius 3 is 2.37 bits per heavy atom. The Bertz CT molecular complexity index is 1110. The molecular weight excluding hydrogens is 420 g/mol. The molecule has 0 atom stereocenters. The van der Waals surface area contributed by atoms with Crippen LogP contribution in [0, 0.1) is 4.77 Å². The summed E-state index contributed by atoms with van der Waals surface area (Å²) in [6, 6.07) is 11.9. The fourth-order valence-corrected chi connectivity index (χ4v) is 4.32. The number of methoxy groups -OCH3 is 2. The first-order valence-electron chi connectivity index (χ1n) is 9.93. The smallest absolute Gasteiger partial charge is 0.199 e. The minimum atomic E-state index is 0.639. The van der Waals surface area contributed by atoms with Crippen molar-refractivity contribution in [1.29, 1.82) is 0 Å². The lowest BCUT2D eigenvalue weighted by atomic mass is 9.99. The molecule has 0 saturated heterocycles. The first kappa shape index (κ1) is 20.9. The van der Waals surface area contributed by atoms with Gasteiger partial charge in [-0.05, 0) is 73.1 Å². The number of halogens is 1. The highest BCUT2D eigenvalue weighted by Gasteiger charge is 2.21. The number of hydrogen-bond acceptors (Lipinski definition) is 5. The minimum absolute atomic E-state index is 0.639. The summed E-state index contributed by atoms with van der Waals surface area (Å²) in [6.45, 7) is 5.22. The van der Waals surface area contributed by atoms with E-state index in [9.17, 15) is 0 Å². The number of benzene rings is 2. The highest BCUT2D eigenvalue weighted by molar-refractivity contribution is 7.71. The standard InChI is InChI=1S/C22H25ClN4O2S/c1-4-26-21(15-5-7-18(23)8-6-15)24-27(22(26)30)14-25-10-9-16-11-19(28-2)20(29-3)12-17(16)13-25/h5-8,11-12H,4,9-10,13-14H2,1-3H3. The third-order valence-corrected chi connectivity index (χ3v) is 6.16. The second kappa shape index (κ2) is 8.79. The Kier molecular flexibility index (Phi) is 6.13. The van der Waals surface area contributed by atoms with Crippen LogP contribution >= 0.6 is 23.8 Å². The van der Waals surface area contributed by atoms with Gasteiger partial charge in [-0.1, -0.05) is 11.6 Å². The molecule has 0 radical (unpaired) electrons. The van der Waals surface area contributed by atoms with Crippen molar-refractivity contribution in [3.8, 4) is 22.9 Å². The second-order valence-corrected chi connectivity index (χ2v) is 8.08. The van der Waals surface area contributed by atoms with Gasteiger partial charge in [-0.2, -0.15) is 5.10 Å². The molecule has 0 N–H and O–H groups in total. The van der Waals surface area contributed by atoms with Crippen molar-refractivity contribution in [3.63, 3.8) is 0 Å². The van der Waals surface area contributed by atoms with Crippen LogP contribution in [0.25, 0.3) is 11.4 Å². The lowest BCUT2D eigenvalue weighted by Gasteiger charge is -2.29. The lowest BCUT2D eigenvalue weighted by molar-refractivity contribution is 0.187. The quantitative estimate of drug-likeness (QED) is 0.511. The molecule has 0 unspecified atom stereocenters. The number of rotatable bonds is 6. The van der Waals surface area contributed by atoms with Crippen LogP contribution in [0.1, 0.15) is 18.1 Å². The fraction of sp³-hybridized carbons (Fsp3) is 0.364. The SMILES string of the molecule is CCn1c(-c2ccc(Cl)cc2)nn(CN2CCc3cc(OC)c(OC)cc3C2)c1=S. The van der Waals surface area contributed by atoms with Crippen molar-refractivity contribution in [2.24, 2.45) is 0 Å². The van der Waals surface area contributed by atoms with Gasteiger partial charge in [0.25, 0.3) is 0 Å². The van der Waals surface area contributed by atoms with E-state index >= 15 is 0 Å². The van der Waals surface area contributed by atoms with E-state index in [4.69, 9.17) is 38.4 Å². The van der Waals surface area contributed by atoms with Crippen molar-refractivity contribution in [1.82, 2.24) is 19.2 Å². The van der Waals surface area contributed by atoms with Gasteiger partial charge in [0, 0.05) is 30.2 Å². The Morgan fingerprint density at radius 1 is 1.07 bits per heavy atom. The molecule has 6 nitrogen and oxygen atoms in total. The minimum Gasteiger partial charge on any atom is -0.493 e. The molecule has 1 aliphatic heterocycles. The van der Waals surface area contributed by atoms with Crippen molar-refractivity contribution in [2.45, 2.75) is 33.1 Å². The van der Waals surface area contributed by atoms with Crippen LogP contribution in [0.3, 0.4) is 0 Å². The molecule has 4 rings (SSSR count). The van der Waals surface area contributed by atoms with E-state index in [1.807, 2.05) is 28.9 Å². The third-order valence-electron chi connectivity index (χ3n) is 5.47.